The fraction of sp³-hybridized carbons (Fsp3) is 0.333. The molecule has 110 valence electrons. The number of nitrogens with one attached hydrogen (secondary N) is 2. The van der Waals surface area contributed by atoms with E-state index >= 15 is 0 Å². The van der Waals surface area contributed by atoms with Crippen molar-refractivity contribution in [1.82, 2.24) is 5.32 Å². The number of hydrogen-bond acceptors (Lipinski definition) is 4. The number of carbonyl (C=O) groups excluding carboxylic acids is 1. The highest BCUT2D eigenvalue weighted by atomic mass is 19.1. The predicted molar refractivity (Wildman–Crippen MR) is 68.4 cm³/mol. The van der Waals surface area contributed by atoms with E-state index in [0.29, 0.717) is 0 Å². The van der Waals surface area contributed by atoms with Crippen molar-refractivity contribution < 1.29 is 28.6 Å². The van der Waals surface area contributed by atoms with Crippen LogP contribution in [0.15, 0.2) is 18.2 Å². The maximum absolute atomic E-state index is 13.2. The normalized spacial score (nSPS) is 11.6. The van der Waals surface area contributed by atoms with Gasteiger partial charge in [0.05, 0.1) is 13.7 Å². The Morgan fingerprint density at radius 1 is 1.40 bits per heavy atom. The fourth-order valence-electron chi connectivity index (χ4n) is 1.40. The predicted octanol–water partition coefficient (Wildman–Crippen LogP) is 1.06. The molecule has 0 spiro atoms. The Balaban J connectivity index is 2.68. The third kappa shape index (κ3) is 4.39. The summed E-state index contributed by atoms with van der Waals surface area (Å²) in [6, 6.07) is 1.80. The van der Waals surface area contributed by atoms with E-state index in [0.717, 1.165) is 6.07 Å². The number of ether oxygens (including phenoxy) is 2. The molecule has 3 N–H and O–H groups in total. The Morgan fingerprint density at radius 2 is 2.10 bits per heavy atom. The Kier molecular flexibility index (Phi) is 5.73. The minimum Gasteiger partial charge on any atom is -0.494 e. The molecule has 0 saturated heterocycles. The molecule has 0 radical (unpaired) electrons. The number of aliphatic carboxylic acids is 1. The van der Waals surface area contributed by atoms with Gasteiger partial charge in [0, 0.05) is 18.9 Å². The van der Waals surface area contributed by atoms with Gasteiger partial charge in [0.1, 0.15) is 0 Å². The van der Waals surface area contributed by atoms with E-state index in [2.05, 4.69) is 15.4 Å². The summed E-state index contributed by atoms with van der Waals surface area (Å²) < 4.78 is 22.6. The Bertz CT molecular complexity index is 495. The number of rotatable bonds is 6. The molecule has 2 amide bonds. The van der Waals surface area contributed by atoms with E-state index < -0.39 is 23.9 Å². The summed E-state index contributed by atoms with van der Waals surface area (Å²) in [7, 11) is 2.61. The van der Waals surface area contributed by atoms with Crippen molar-refractivity contribution in [3.05, 3.63) is 24.0 Å². The number of benzene rings is 1. The summed E-state index contributed by atoms with van der Waals surface area (Å²) in [5.74, 6) is -1.82. The molecule has 8 heteroatoms. The zero-order valence-corrected chi connectivity index (χ0v) is 11.0. The number of halogens is 1. The molecule has 1 rings (SSSR count). The largest absolute Gasteiger partial charge is 0.494 e. The van der Waals surface area contributed by atoms with Crippen LogP contribution in [0.25, 0.3) is 0 Å². The van der Waals surface area contributed by atoms with Crippen LogP contribution in [0.3, 0.4) is 0 Å². The number of carboxylic acids is 1. The highest BCUT2D eigenvalue weighted by Gasteiger charge is 2.19. The van der Waals surface area contributed by atoms with Gasteiger partial charge in [-0.1, -0.05) is 0 Å². The van der Waals surface area contributed by atoms with Gasteiger partial charge in [0.15, 0.2) is 17.6 Å². The number of amides is 2. The lowest BCUT2D eigenvalue weighted by molar-refractivity contribution is -0.140. The third-order valence-corrected chi connectivity index (χ3v) is 2.35. The number of carbonyl (C=O) groups is 2. The number of anilines is 1. The topological polar surface area (TPSA) is 96.9 Å². The van der Waals surface area contributed by atoms with Crippen LogP contribution >= 0.6 is 0 Å². The van der Waals surface area contributed by atoms with E-state index in [1.807, 2.05) is 0 Å². The maximum atomic E-state index is 13.2. The van der Waals surface area contributed by atoms with Crippen LogP contribution < -0.4 is 15.4 Å². The first-order valence-corrected chi connectivity index (χ1v) is 5.60. The quantitative estimate of drug-likeness (QED) is 0.726. The Morgan fingerprint density at radius 3 is 2.65 bits per heavy atom. The summed E-state index contributed by atoms with van der Waals surface area (Å²) in [4.78, 5) is 22.4. The second kappa shape index (κ2) is 7.29. The highest BCUT2D eigenvalue weighted by Crippen LogP contribution is 2.21. The van der Waals surface area contributed by atoms with Crippen LogP contribution in [0.5, 0.6) is 5.75 Å². The minimum atomic E-state index is -1.22. The summed E-state index contributed by atoms with van der Waals surface area (Å²) in [6.45, 7) is -0.171. The minimum absolute atomic E-state index is 0.0329. The molecule has 7 nitrogen and oxygen atoms in total. The first-order chi connectivity index (χ1) is 9.47. The van der Waals surface area contributed by atoms with Gasteiger partial charge in [-0.25, -0.2) is 14.0 Å². The summed E-state index contributed by atoms with van der Waals surface area (Å²) >= 11 is 0. The Hall–Kier alpha value is -2.35. The first kappa shape index (κ1) is 15.7. The van der Waals surface area contributed by atoms with Crippen LogP contribution in [0, 0.1) is 5.82 Å². The molecule has 0 aliphatic heterocycles. The molecule has 1 unspecified atom stereocenters. The first-order valence-electron chi connectivity index (χ1n) is 5.60. The van der Waals surface area contributed by atoms with Gasteiger partial charge >= 0.3 is 12.0 Å². The maximum Gasteiger partial charge on any atom is 0.328 e. The SMILES string of the molecule is COCC(NC(=O)Nc1ccc(F)c(OC)c1)C(=O)O. The molecule has 1 aromatic carbocycles. The van der Waals surface area contributed by atoms with E-state index in [9.17, 15) is 14.0 Å². The van der Waals surface area contributed by atoms with E-state index in [1.165, 1.54) is 26.4 Å². The zero-order chi connectivity index (χ0) is 15.1. The second-order valence-electron chi connectivity index (χ2n) is 3.79. The smallest absolute Gasteiger partial charge is 0.328 e. The lowest BCUT2D eigenvalue weighted by atomic mass is 10.3. The van der Waals surface area contributed by atoms with Crippen LogP contribution in [-0.2, 0) is 9.53 Å². The van der Waals surface area contributed by atoms with Crippen molar-refractivity contribution in [3.63, 3.8) is 0 Å². The molecule has 0 aromatic heterocycles. The fourth-order valence-corrected chi connectivity index (χ4v) is 1.40. The number of hydrogen-bond donors (Lipinski definition) is 3. The monoisotopic (exact) mass is 286 g/mol. The number of urea groups is 1. The summed E-state index contributed by atoms with van der Waals surface area (Å²) in [6.07, 6.45) is 0. The molecule has 0 aliphatic rings. The van der Waals surface area contributed by atoms with Crippen molar-refractivity contribution in [1.29, 1.82) is 0 Å². The van der Waals surface area contributed by atoms with Gasteiger partial charge in [0.25, 0.3) is 0 Å². The van der Waals surface area contributed by atoms with Crippen LogP contribution in [0.4, 0.5) is 14.9 Å². The number of methoxy groups -OCH3 is 2. The summed E-state index contributed by atoms with van der Waals surface area (Å²) in [5.41, 5.74) is 0.266. The molecule has 0 saturated carbocycles. The Labute approximate surface area is 114 Å². The van der Waals surface area contributed by atoms with Gasteiger partial charge in [0.2, 0.25) is 0 Å². The molecule has 20 heavy (non-hydrogen) atoms. The zero-order valence-electron chi connectivity index (χ0n) is 11.0. The standard InChI is InChI=1S/C12H15FN2O5/c1-19-6-9(11(16)17)15-12(18)14-7-3-4-8(13)10(5-7)20-2/h3-5,9H,6H2,1-2H3,(H,16,17)(H2,14,15,18). The van der Waals surface area contributed by atoms with Gasteiger partial charge in [-0.2, -0.15) is 0 Å². The van der Waals surface area contributed by atoms with Gasteiger partial charge in [-0.05, 0) is 12.1 Å². The van der Waals surface area contributed by atoms with Crippen molar-refractivity contribution >= 4 is 17.7 Å². The molecule has 0 aliphatic carbocycles. The van der Waals surface area contributed by atoms with E-state index in [1.54, 1.807) is 0 Å². The van der Waals surface area contributed by atoms with Crippen LogP contribution in [0.2, 0.25) is 0 Å². The molecule has 0 heterocycles. The third-order valence-electron chi connectivity index (χ3n) is 2.35. The van der Waals surface area contributed by atoms with Crippen molar-refractivity contribution in [2.75, 3.05) is 26.1 Å². The van der Waals surface area contributed by atoms with E-state index in [4.69, 9.17) is 9.84 Å². The van der Waals surface area contributed by atoms with Crippen LogP contribution in [0.1, 0.15) is 0 Å². The lowest BCUT2D eigenvalue weighted by Crippen LogP contribution is -2.45. The van der Waals surface area contributed by atoms with Crippen molar-refractivity contribution in [2.24, 2.45) is 0 Å². The molecular formula is C12H15FN2O5. The molecule has 1 atom stereocenters. The highest BCUT2D eigenvalue weighted by molar-refractivity contribution is 5.92. The van der Waals surface area contributed by atoms with Gasteiger partial charge in [-0.3, -0.25) is 0 Å². The summed E-state index contributed by atoms with van der Waals surface area (Å²) in [5, 5.41) is 13.4. The van der Waals surface area contributed by atoms with Gasteiger partial charge < -0.3 is 25.2 Å². The average molecular weight is 286 g/mol. The molecule has 0 bridgehead atoms. The van der Waals surface area contributed by atoms with Gasteiger partial charge in [-0.15, -0.1) is 0 Å². The molecular weight excluding hydrogens is 271 g/mol. The lowest BCUT2D eigenvalue weighted by Gasteiger charge is -2.14. The number of carboxylic acid groups (broad SMARTS) is 1. The van der Waals surface area contributed by atoms with Crippen LogP contribution in [-0.4, -0.2) is 44.0 Å². The molecule has 1 aromatic rings. The molecule has 0 fully saturated rings. The second-order valence-corrected chi connectivity index (χ2v) is 3.79. The van der Waals surface area contributed by atoms with Crippen molar-refractivity contribution in [2.45, 2.75) is 6.04 Å². The van der Waals surface area contributed by atoms with E-state index in [-0.39, 0.29) is 18.0 Å². The van der Waals surface area contributed by atoms with Crippen molar-refractivity contribution in [3.8, 4) is 5.75 Å². The average Bonchev–Trinajstić information content (AvgIpc) is 2.40.